The smallest absolute Gasteiger partial charge is 0.308 e. The number of rotatable bonds is 8. The summed E-state index contributed by atoms with van der Waals surface area (Å²) < 4.78 is 0. The molecule has 0 saturated heterocycles. The topological polar surface area (TPSA) is 83.5 Å². The number of carboxylic acid groups (broad SMARTS) is 1. The number of hydrogen-bond donors (Lipinski definition) is 2. The predicted octanol–water partition coefficient (Wildman–Crippen LogP) is 3.23. The molecule has 2 unspecified atom stereocenters. The van der Waals surface area contributed by atoms with Crippen LogP contribution in [-0.2, 0) is 9.59 Å². The van der Waals surface area contributed by atoms with E-state index < -0.39 is 17.9 Å². The van der Waals surface area contributed by atoms with E-state index in [1.807, 2.05) is 12.1 Å². The molecule has 0 radical (unpaired) electrons. The maximum Gasteiger partial charge on any atom is 0.308 e. The van der Waals surface area contributed by atoms with Gasteiger partial charge in [0.1, 0.15) is 0 Å². The van der Waals surface area contributed by atoms with Gasteiger partial charge in [0.15, 0.2) is 5.78 Å². The average Bonchev–Trinajstić information content (AvgIpc) is 2.65. The van der Waals surface area contributed by atoms with Gasteiger partial charge in [0, 0.05) is 18.4 Å². The molecule has 0 aliphatic heterocycles. The van der Waals surface area contributed by atoms with E-state index in [0.717, 1.165) is 5.56 Å². The lowest BCUT2D eigenvalue weighted by Gasteiger charge is -2.23. The number of benzene rings is 2. The number of amides is 1. The van der Waals surface area contributed by atoms with Crippen LogP contribution in [0.4, 0.5) is 0 Å². The van der Waals surface area contributed by atoms with E-state index in [-0.39, 0.29) is 24.5 Å². The number of hydrogen-bond acceptors (Lipinski definition) is 3. The van der Waals surface area contributed by atoms with Gasteiger partial charge in [-0.3, -0.25) is 14.4 Å². The lowest BCUT2D eigenvalue weighted by molar-refractivity contribution is -0.142. The van der Waals surface area contributed by atoms with Crippen molar-refractivity contribution in [1.82, 2.24) is 5.32 Å². The summed E-state index contributed by atoms with van der Waals surface area (Å²) >= 11 is 0. The standard InChI is InChI=1S/C20H21NO4/c1-14(20(24)25)19(16-10-6-3-7-11-16)21-18(23)13-12-17(22)15-8-4-2-5-9-15/h2-11,14,19H,12-13H2,1H3,(H,21,23)(H,24,25). The minimum absolute atomic E-state index is 0.0173. The number of nitrogens with one attached hydrogen (secondary N) is 1. The maximum absolute atomic E-state index is 12.2. The Morgan fingerprint density at radius 1 is 0.920 bits per heavy atom. The van der Waals surface area contributed by atoms with Gasteiger partial charge in [-0.2, -0.15) is 0 Å². The van der Waals surface area contributed by atoms with E-state index >= 15 is 0 Å². The number of carbonyl (C=O) groups is 3. The van der Waals surface area contributed by atoms with Gasteiger partial charge in [-0.1, -0.05) is 60.7 Å². The summed E-state index contributed by atoms with van der Waals surface area (Å²) in [4.78, 5) is 35.6. The summed E-state index contributed by atoms with van der Waals surface area (Å²) in [5.41, 5.74) is 1.29. The Kier molecular flexibility index (Phi) is 6.46. The first-order chi connectivity index (χ1) is 12.0. The van der Waals surface area contributed by atoms with Crippen LogP contribution in [0.25, 0.3) is 0 Å². The quantitative estimate of drug-likeness (QED) is 0.723. The van der Waals surface area contributed by atoms with Crippen LogP contribution in [0.2, 0.25) is 0 Å². The van der Waals surface area contributed by atoms with Crippen molar-refractivity contribution < 1.29 is 19.5 Å². The third-order valence-electron chi connectivity index (χ3n) is 4.04. The molecule has 2 aromatic carbocycles. The Bertz CT molecular complexity index is 728. The zero-order chi connectivity index (χ0) is 18.2. The van der Waals surface area contributed by atoms with Crippen molar-refractivity contribution >= 4 is 17.7 Å². The Morgan fingerprint density at radius 2 is 1.48 bits per heavy atom. The molecule has 130 valence electrons. The summed E-state index contributed by atoms with van der Waals surface area (Å²) in [7, 11) is 0. The van der Waals surface area contributed by atoms with E-state index in [0.29, 0.717) is 5.56 Å². The fourth-order valence-corrected chi connectivity index (χ4v) is 2.54. The van der Waals surface area contributed by atoms with Crippen molar-refractivity contribution in [2.45, 2.75) is 25.8 Å². The molecule has 5 heteroatoms. The van der Waals surface area contributed by atoms with Crippen molar-refractivity contribution in [2.75, 3.05) is 0 Å². The number of ketones is 1. The van der Waals surface area contributed by atoms with Crippen molar-refractivity contribution in [3.63, 3.8) is 0 Å². The van der Waals surface area contributed by atoms with Gasteiger partial charge in [-0.05, 0) is 12.5 Å². The van der Waals surface area contributed by atoms with Crippen LogP contribution in [-0.4, -0.2) is 22.8 Å². The van der Waals surface area contributed by atoms with Crippen LogP contribution >= 0.6 is 0 Å². The van der Waals surface area contributed by atoms with E-state index in [9.17, 15) is 19.5 Å². The first-order valence-electron chi connectivity index (χ1n) is 8.14. The van der Waals surface area contributed by atoms with E-state index in [1.165, 1.54) is 0 Å². The highest BCUT2D eigenvalue weighted by Crippen LogP contribution is 2.22. The molecule has 2 aromatic rings. The first kappa shape index (κ1) is 18.4. The van der Waals surface area contributed by atoms with Gasteiger partial charge in [0.2, 0.25) is 5.91 Å². The Hall–Kier alpha value is -2.95. The van der Waals surface area contributed by atoms with E-state index in [4.69, 9.17) is 0 Å². The molecule has 0 fully saturated rings. The fraction of sp³-hybridized carbons (Fsp3) is 0.250. The number of Topliss-reactive ketones (excluding diaryl/α,β-unsaturated/α-hetero) is 1. The average molecular weight is 339 g/mol. The third kappa shape index (κ3) is 5.28. The van der Waals surface area contributed by atoms with Gasteiger partial charge in [-0.25, -0.2) is 0 Å². The van der Waals surface area contributed by atoms with Crippen LogP contribution in [0, 0.1) is 5.92 Å². The molecule has 0 aliphatic carbocycles. The fourth-order valence-electron chi connectivity index (χ4n) is 2.54. The summed E-state index contributed by atoms with van der Waals surface area (Å²) in [6.45, 7) is 1.55. The Labute approximate surface area is 146 Å². The molecular weight excluding hydrogens is 318 g/mol. The second-order valence-corrected chi connectivity index (χ2v) is 5.87. The van der Waals surface area contributed by atoms with E-state index in [2.05, 4.69) is 5.32 Å². The summed E-state index contributed by atoms with van der Waals surface area (Å²) in [6.07, 6.45) is 0.0994. The van der Waals surface area contributed by atoms with Crippen molar-refractivity contribution in [1.29, 1.82) is 0 Å². The predicted molar refractivity (Wildman–Crippen MR) is 94.1 cm³/mol. The molecule has 0 heterocycles. The molecule has 0 saturated carbocycles. The molecule has 0 bridgehead atoms. The Morgan fingerprint density at radius 3 is 2.04 bits per heavy atom. The van der Waals surface area contributed by atoms with Gasteiger partial charge < -0.3 is 10.4 Å². The molecule has 0 spiro atoms. The minimum Gasteiger partial charge on any atom is -0.481 e. The summed E-state index contributed by atoms with van der Waals surface area (Å²) in [6, 6.07) is 17.1. The molecule has 5 nitrogen and oxygen atoms in total. The number of carbonyl (C=O) groups excluding carboxylic acids is 2. The van der Waals surface area contributed by atoms with Crippen molar-refractivity contribution in [3.05, 3.63) is 71.8 Å². The van der Waals surface area contributed by atoms with Gasteiger partial charge in [-0.15, -0.1) is 0 Å². The molecule has 1 amide bonds. The van der Waals surface area contributed by atoms with Crippen LogP contribution in [0.15, 0.2) is 60.7 Å². The molecule has 2 rings (SSSR count). The molecule has 2 N–H and O–H groups in total. The van der Waals surface area contributed by atoms with Crippen LogP contribution in [0.3, 0.4) is 0 Å². The summed E-state index contributed by atoms with van der Waals surface area (Å²) in [5.74, 6) is -2.23. The minimum atomic E-state index is -0.991. The zero-order valence-corrected chi connectivity index (χ0v) is 14.0. The number of aliphatic carboxylic acids is 1. The first-order valence-corrected chi connectivity index (χ1v) is 8.14. The third-order valence-corrected chi connectivity index (χ3v) is 4.04. The van der Waals surface area contributed by atoms with Gasteiger partial charge >= 0.3 is 5.97 Å². The molecule has 25 heavy (non-hydrogen) atoms. The van der Waals surface area contributed by atoms with Crippen LogP contribution in [0.5, 0.6) is 0 Å². The van der Waals surface area contributed by atoms with Gasteiger partial charge in [0.05, 0.1) is 12.0 Å². The maximum atomic E-state index is 12.2. The largest absolute Gasteiger partial charge is 0.481 e. The Balaban J connectivity index is 2.00. The second kappa shape index (κ2) is 8.78. The number of carboxylic acids is 1. The molecule has 0 aromatic heterocycles. The molecular formula is C20H21NO4. The van der Waals surface area contributed by atoms with Gasteiger partial charge in [0.25, 0.3) is 0 Å². The highest BCUT2D eigenvalue weighted by molar-refractivity contribution is 5.97. The van der Waals surface area contributed by atoms with Crippen LogP contribution in [0.1, 0.15) is 41.7 Å². The SMILES string of the molecule is CC(C(=O)O)C(NC(=O)CCC(=O)c1ccccc1)c1ccccc1. The molecule has 0 aliphatic rings. The highest BCUT2D eigenvalue weighted by Gasteiger charge is 2.26. The molecule has 2 atom stereocenters. The van der Waals surface area contributed by atoms with Crippen LogP contribution < -0.4 is 5.32 Å². The summed E-state index contributed by atoms with van der Waals surface area (Å²) in [5, 5.41) is 12.0. The van der Waals surface area contributed by atoms with Crippen molar-refractivity contribution in [3.8, 4) is 0 Å². The normalized spacial score (nSPS) is 12.8. The second-order valence-electron chi connectivity index (χ2n) is 5.87. The lowest BCUT2D eigenvalue weighted by atomic mass is 9.94. The zero-order valence-electron chi connectivity index (χ0n) is 14.0. The highest BCUT2D eigenvalue weighted by atomic mass is 16.4. The van der Waals surface area contributed by atoms with Crippen molar-refractivity contribution in [2.24, 2.45) is 5.92 Å². The lowest BCUT2D eigenvalue weighted by Crippen LogP contribution is -2.35. The monoisotopic (exact) mass is 339 g/mol. The van der Waals surface area contributed by atoms with E-state index in [1.54, 1.807) is 55.5 Å².